The van der Waals surface area contributed by atoms with Crippen LogP contribution < -0.4 is 5.32 Å². The van der Waals surface area contributed by atoms with Crippen molar-refractivity contribution < 1.29 is 27.3 Å². The van der Waals surface area contributed by atoms with Crippen molar-refractivity contribution in [2.75, 3.05) is 12.3 Å². The molecule has 0 spiro atoms. The fraction of sp³-hybridized carbons (Fsp3) is 0.923. The molecule has 4 rings (SSSR count). The molecule has 348 valence electrons. The van der Waals surface area contributed by atoms with Crippen LogP contribution in [0.15, 0.2) is 12.2 Å². The zero-order valence-electron chi connectivity index (χ0n) is 39.3. The number of carbonyl (C=O) groups is 2. The van der Waals surface area contributed by atoms with Gasteiger partial charge in [0.05, 0.1) is 5.75 Å². The third-order valence-electron chi connectivity index (χ3n) is 16.8. The number of allylic oxidation sites excluding steroid dienone is 2. The van der Waals surface area contributed by atoms with Crippen molar-refractivity contribution >= 4 is 22.0 Å². The molecule has 0 saturated heterocycles. The molecule has 0 aromatic heterocycles. The lowest BCUT2D eigenvalue weighted by atomic mass is 9.44. The molecule has 1 amide bonds. The van der Waals surface area contributed by atoms with Crippen molar-refractivity contribution in [3.05, 3.63) is 12.2 Å². The molecule has 0 aromatic rings. The number of esters is 1. The minimum atomic E-state index is -4.06. The van der Waals surface area contributed by atoms with Crippen LogP contribution in [0.2, 0.25) is 0 Å². The zero-order chi connectivity index (χ0) is 43.3. The van der Waals surface area contributed by atoms with Gasteiger partial charge in [0.25, 0.3) is 10.1 Å². The van der Waals surface area contributed by atoms with Crippen LogP contribution in [0.5, 0.6) is 0 Å². The van der Waals surface area contributed by atoms with Gasteiger partial charge in [-0.3, -0.25) is 14.1 Å². The molecule has 8 heteroatoms. The lowest BCUT2D eigenvalue weighted by Gasteiger charge is -2.61. The van der Waals surface area contributed by atoms with Gasteiger partial charge in [0, 0.05) is 19.4 Å². The van der Waals surface area contributed by atoms with Crippen molar-refractivity contribution in [2.45, 2.75) is 246 Å². The Labute approximate surface area is 369 Å². The van der Waals surface area contributed by atoms with Crippen molar-refractivity contribution in [1.82, 2.24) is 5.32 Å². The number of rotatable bonds is 31. The molecule has 4 aliphatic rings. The maximum Gasteiger partial charge on any atom is 0.306 e. The first-order valence-electron chi connectivity index (χ1n) is 25.9. The topological polar surface area (TPSA) is 110 Å². The minimum Gasteiger partial charge on any atom is -0.462 e. The Morgan fingerprint density at radius 1 is 0.700 bits per heavy atom. The molecule has 7 nitrogen and oxygen atoms in total. The second kappa shape index (κ2) is 27.0. The predicted octanol–water partition coefficient (Wildman–Crippen LogP) is 14.1. The number of unbranched alkanes of at least 4 members (excludes halogenated alkanes) is 19. The van der Waals surface area contributed by atoms with Gasteiger partial charge < -0.3 is 10.1 Å². The number of hydrogen-bond acceptors (Lipinski definition) is 5. The van der Waals surface area contributed by atoms with E-state index in [1.54, 1.807) is 0 Å². The summed E-state index contributed by atoms with van der Waals surface area (Å²) in [5.41, 5.74) is 0.669. The van der Waals surface area contributed by atoms with E-state index in [1.165, 1.54) is 167 Å². The molecule has 0 heterocycles. The zero-order valence-corrected chi connectivity index (χ0v) is 40.2. The van der Waals surface area contributed by atoms with Crippen LogP contribution in [0.25, 0.3) is 0 Å². The molecule has 0 aliphatic heterocycles. The summed E-state index contributed by atoms with van der Waals surface area (Å²) in [6.07, 6.45) is 45.7. The maximum atomic E-state index is 12.9. The quantitative estimate of drug-likeness (QED) is 0.0311. The highest BCUT2D eigenvalue weighted by atomic mass is 32.2. The molecule has 4 aliphatic carbocycles. The molecular weight excluding hydrogens is 767 g/mol. The predicted molar refractivity (Wildman–Crippen MR) is 249 cm³/mol. The van der Waals surface area contributed by atoms with Crippen molar-refractivity contribution in [3.63, 3.8) is 0 Å². The Hall–Kier alpha value is -1.41. The number of fused-ring (bicyclic) bond motifs is 5. The van der Waals surface area contributed by atoms with Gasteiger partial charge in [-0.15, -0.1) is 0 Å². The molecule has 0 bridgehead atoms. The molecule has 4 fully saturated rings. The first kappa shape index (κ1) is 51.2. The lowest BCUT2D eigenvalue weighted by molar-refractivity contribution is -0.162. The summed E-state index contributed by atoms with van der Waals surface area (Å²) < 4.78 is 37.1. The van der Waals surface area contributed by atoms with E-state index in [0.717, 1.165) is 49.9 Å². The summed E-state index contributed by atoms with van der Waals surface area (Å²) >= 11 is 0. The Balaban J connectivity index is 0.998. The molecule has 9 atom stereocenters. The fourth-order valence-electron chi connectivity index (χ4n) is 13.3. The van der Waals surface area contributed by atoms with Gasteiger partial charge in [-0.2, -0.15) is 8.42 Å². The summed E-state index contributed by atoms with van der Waals surface area (Å²) in [4.78, 5) is 25.3. The highest BCUT2D eigenvalue weighted by molar-refractivity contribution is 7.85. The van der Waals surface area contributed by atoms with Gasteiger partial charge in [0.15, 0.2) is 0 Å². The normalized spacial score (nSPS) is 29.5. The van der Waals surface area contributed by atoms with E-state index < -0.39 is 15.9 Å². The standard InChI is InChI=1S/C52H93NO6S/c1-5-6-7-8-9-10-11-12-13-14-15-16-17-18-19-20-21-22-23-24-25-26-27-28-50(55)59-44-35-37-51(3)43(41-44)30-31-45-47-33-32-46(52(47,4)38-36-48(45)51)42(2)29-34-49(54)53-39-40-60(56,57)58/h14-15,42-48H,5-13,16-41H2,1-4H3,(H,53,54)(H,56,57,58)/b15-14-. The highest BCUT2D eigenvalue weighted by Gasteiger charge is 2.60. The van der Waals surface area contributed by atoms with Crippen LogP contribution >= 0.6 is 0 Å². The molecule has 2 N–H and O–H groups in total. The van der Waals surface area contributed by atoms with E-state index in [2.05, 4.69) is 45.2 Å². The van der Waals surface area contributed by atoms with Crippen molar-refractivity contribution in [1.29, 1.82) is 0 Å². The summed E-state index contributed by atoms with van der Waals surface area (Å²) in [6.45, 7) is 9.71. The third-order valence-corrected chi connectivity index (χ3v) is 17.5. The Kier molecular flexibility index (Phi) is 23.1. The Bertz CT molecular complexity index is 1370. The van der Waals surface area contributed by atoms with Gasteiger partial charge >= 0.3 is 5.97 Å². The van der Waals surface area contributed by atoms with Gasteiger partial charge in [-0.05, 0) is 143 Å². The minimum absolute atomic E-state index is 0.0337. The number of hydrogen-bond donors (Lipinski definition) is 2. The summed E-state index contributed by atoms with van der Waals surface area (Å²) in [5.74, 6) is 3.48. The van der Waals surface area contributed by atoms with Gasteiger partial charge in [0.2, 0.25) is 5.91 Å². The molecule has 4 saturated carbocycles. The van der Waals surface area contributed by atoms with Gasteiger partial charge in [-0.25, -0.2) is 0 Å². The first-order chi connectivity index (χ1) is 28.9. The summed E-state index contributed by atoms with van der Waals surface area (Å²) in [5, 5.41) is 2.66. The summed E-state index contributed by atoms with van der Waals surface area (Å²) in [7, 11) is -4.06. The van der Waals surface area contributed by atoms with E-state index in [4.69, 9.17) is 9.29 Å². The van der Waals surface area contributed by atoms with E-state index in [1.807, 2.05) is 0 Å². The van der Waals surface area contributed by atoms with Gasteiger partial charge in [-0.1, -0.05) is 143 Å². The molecule has 60 heavy (non-hydrogen) atoms. The van der Waals surface area contributed by atoms with Crippen LogP contribution in [0.3, 0.4) is 0 Å². The molecule has 0 aromatic carbocycles. The Morgan fingerprint density at radius 2 is 1.25 bits per heavy atom. The molecule has 9 unspecified atom stereocenters. The van der Waals surface area contributed by atoms with Crippen LogP contribution in [-0.2, 0) is 24.4 Å². The average Bonchev–Trinajstić information content (AvgIpc) is 3.57. The second-order valence-corrected chi connectivity index (χ2v) is 22.7. The molecular formula is C52H93NO6S. The maximum absolute atomic E-state index is 12.9. The number of amides is 1. The van der Waals surface area contributed by atoms with Crippen LogP contribution in [0.1, 0.15) is 240 Å². The molecule has 0 radical (unpaired) electrons. The van der Waals surface area contributed by atoms with Crippen LogP contribution in [-0.4, -0.2) is 43.2 Å². The fourth-order valence-corrected chi connectivity index (χ4v) is 13.6. The van der Waals surface area contributed by atoms with Crippen LogP contribution in [0, 0.1) is 46.3 Å². The summed E-state index contributed by atoms with van der Waals surface area (Å²) in [6, 6.07) is 0. The number of ether oxygens (including phenoxy) is 1. The van der Waals surface area contributed by atoms with E-state index in [-0.39, 0.29) is 24.5 Å². The van der Waals surface area contributed by atoms with Crippen LogP contribution in [0.4, 0.5) is 0 Å². The van der Waals surface area contributed by atoms with Crippen molar-refractivity contribution in [3.8, 4) is 0 Å². The Morgan fingerprint density at radius 3 is 1.85 bits per heavy atom. The van der Waals surface area contributed by atoms with Crippen molar-refractivity contribution in [2.24, 2.45) is 46.3 Å². The second-order valence-electron chi connectivity index (χ2n) is 21.1. The third kappa shape index (κ3) is 16.9. The highest BCUT2D eigenvalue weighted by Crippen LogP contribution is 2.68. The lowest BCUT2D eigenvalue weighted by Crippen LogP contribution is -2.54. The smallest absolute Gasteiger partial charge is 0.306 e. The van der Waals surface area contributed by atoms with E-state index in [9.17, 15) is 18.0 Å². The number of nitrogens with one attached hydrogen (secondary N) is 1. The average molecular weight is 860 g/mol. The van der Waals surface area contributed by atoms with E-state index >= 15 is 0 Å². The monoisotopic (exact) mass is 860 g/mol. The van der Waals surface area contributed by atoms with E-state index in [0.29, 0.717) is 41.4 Å². The first-order valence-corrected chi connectivity index (χ1v) is 27.5. The number of carbonyl (C=O) groups excluding carboxylic acids is 2. The largest absolute Gasteiger partial charge is 0.462 e. The SMILES string of the molecule is CCCCCCCCCC/C=C\CCCCCCCCCCCCCC(=O)OC1CCC2(C)C(CCC3C2CCC2(C)C(C(C)CCC(=O)NCCS(=O)(=O)O)CCC32)C1. The van der Waals surface area contributed by atoms with Gasteiger partial charge in [0.1, 0.15) is 6.10 Å².